The van der Waals surface area contributed by atoms with Crippen LogP contribution in [-0.2, 0) is 13.5 Å². The highest BCUT2D eigenvalue weighted by Gasteiger charge is 2.10. The van der Waals surface area contributed by atoms with Crippen LogP contribution in [0.3, 0.4) is 0 Å². The Balaban J connectivity index is 2.49. The van der Waals surface area contributed by atoms with Gasteiger partial charge in [-0.05, 0) is 12.1 Å². The van der Waals surface area contributed by atoms with E-state index in [1.807, 2.05) is 6.07 Å². The van der Waals surface area contributed by atoms with Crippen molar-refractivity contribution in [2.45, 2.75) is 13.3 Å². The van der Waals surface area contributed by atoms with Gasteiger partial charge in [-0.2, -0.15) is 0 Å². The fourth-order valence-electron chi connectivity index (χ4n) is 2.11. The first-order chi connectivity index (χ1) is 7.31. The van der Waals surface area contributed by atoms with Gasteiger partial charge in [-0.1, -0.05) is 13.0 Å². The Morgan fingerprint density at radius 1 is 1.27 bits per heavy atom. The number of nitrogens with zero attached hydrogens (tertiary/aromatic N) is 3. The van der Waals surface area contributed by atoms with E-state index in [1.54, 1.807) is 0 Å². The van der Waals surface area contributed by atoms with E-state index in [-0.39, 0.29) is 0 Å². The molecule has 0 N–H and O–H groups in total. The van der Waals surface area contributed by atoms with Gasteiger partial charge in [0.1, 0.15) is 11.3 Å². The van der Waals surface area contributed by atoms with Gasteiger partial charge < -0.3 is 8.97 Å². The molecule has 0 amide bonds. The van der Waals surface area contributed by atoms with Crippen molar-refractivity contribution in [1.82, 2.24) is 14.0 Å². The average molecular weight is 199 g/mol. The van der Waals surface area contributed by atoms with Crippen LogP contribution in [0.4, 0.5) is 0 Å². The molecular weight excluding hydrogens is 186 g/mol. The first kappa shape index (κ1) is 8.53. The molecule has 0 aliphatic heterocycles. The highest BCUT2D eigenvalue weighted by Crippen LogP contribution is 2.21. The summed E-state index contributed by atoms with van der Waals surface area (Å²) < 4.78 is 4.29. The lowest BCUT2D eigenvalue weighted by molar-refractivity contribution is 0.826. The zero-order chi connectivity index (χ0) is 10.4. The van der Waals surface area contributed by atoms with Crippen LogP contribution in [0, 0.1) is 0 Å². The van der Waals surface area contributed by atoms with Crippen molar-refractivity contribution >= 4 is 16.6 Å². The Bertz CT molecular complexity index is 631. The molecule has 3 rings (SSSR count). The molecule has 3 nitrogen and oxygen atoms in total. The normalized spacial score (nSPS) is 11.6. The monoisotopic (exact) mass is 199 g/mol. The second-order valence-electron chi connectivity index (χ2n) is 3.80. The molecule has 0 aliphatic rings. The van der Waals surface area contributed by atoms with Crippen molar-refractivity contribution in [2.75, 3.05) is 0 Å². The summed E-state index contributed by atoms with van der Waals surface area (Å²) in [4.78, 5) is 4.66. The van der Waals surface area contributed by atoms with Gasteiger partial charge in [0.2, 0.25) is 0 Å². The number of aromatic nitrogens is 3. The lowest BCUT2D eigenvalue weighted by atomic mass is 10.4. The molecular formula is C12H13N3. The second kappa shape index (κ2) is 2.86. The van der Waals surface area contributed by atoms with Gasteiger partial charge in [0.05, 0.1) is 11.0 Å². The zero-order valence-corrected chi connectivity index (χ0v) is 8.94. The first-order valence-electron chi connectivity index (χ1n) is 5.22. The number of rotatable bonds is 1. The number of fused-ring (bicyclic) bond motifs is 3. The number of pyridine rings is 1. The summed E-state index contributed by atoms with van der Waals surface area (Å²) in [6.07, 6.45) is 5.17. The smallest absolute Gasteiger partial charge is 0.114 e. The minimum absolute atomic E-state index is 0.976. The number of aryl methyl sites for hydroxylation is 2. The third-order valence-electron chi connectivity index (χ3n) is 2.94. The highest BCUT2D eigenvalue weighted by molar-refractivity contribution is 5.92. The van der Waals surface area contributed by atoms with Crippen LogP contribution in [0.15, 0.2) is 30.6 Å². The predicted octanol–water partition coefficient (Wildman–Crippen LogP) is 2.39. The number of hydrogen-bond donors (Lipinski definition) is 0. The van der Waals surface area contributed by atoms with Crippen LogP contribution in [-0.4, -0.2) is 14.0 Å². The number of hydrogen-bond acceptors (Lipinski definition) is 1. The Labute approximate surface area is 88.0 Å². The average Bonchev–Trinajstić information content (AvgIpc) is 2.76. The van der Waals surface area contributed by atoms with Crippen molar-refractivity contribution in [2.24, 2.45) is 7.05 Å². The predicted molar refractivity (Wildman–Crippen MR) is 61.0 cm³/mol. The maximum absolute atomic E-state index is 4.66. The summed E-state index contributed by atoms with van der Waals surface area (Å²) in [6, 6.07) is 6.19. The van der Waals surface area contributed by atoms with Crippen LogP contribution < -0.4 is 0 Å². The molecule has 0 radical (unpaired) electrons. The Hall–Kier alpha value is -1.77. The van der Waals surface area contributed by atoms with E-state index >= 15 is 0 Å². The molecule has 0 aromatic carbocycles. The van der Waals surface area contributed by atoms with Crippen molar-refractivity contribution < 1.29 is 0 Å². The maximum Gasteiger partial charge on any atom is 0.114 e. The lowest BCUT2D eigenvalue weighted by Crippen LogP contribution is -1.95. The molecule has 0 unspecified atom stereocenters. The van der Waals surface area contributed by atoms with Crippen molar-refractivity contribution in [3.05, 3.63) is 36.4 Å². The van der Waals surface area contributed by atoms with E-state index in [2.05, 4.69) is 52.4 Å². The van der Waals surface area contributed by atoms with Crippen LogP contribution in [0.5, 0.6) is 0 Å². The van der Waals surface area contributed by atoms with Gasteiger partial charge in [-0.3, -0.25) is 0 Å². The molecule has 3 heteroatoms. The zero-order valence-electron chi connectivity index (χ0n) is 8.94. The maximum atomic E-state index is 4.66. The van der Waals surface area contributed by atoms with Crippen LogP contribution in [0.25, 0.3) is 16.6 Å². The van der Waals surface area contributed by atoms with Crippen LogP contribution >= 0.6 is 0 Å². The summed E-state index contributed by atoms with van der Waals surface area (Å²) in [5.74, 6) is 1.14. The standard InChI is InChI=1S/C12H13N3/c1-3-11-13-12-9-6-4-5-7-15(9)8-10(12)14(11)2/h4-8H,3H2,1-2H3. The molecule has 3 aromatic rings. The summed E-state index contributed by atoms with van der Waals surface area (Å²) in [5.41, 5.74) is 3.50. The molecule has 76 valence electrons. The van der Waals surface area contributed by atoms with Crippen molar-refractivity contribution in [3.63, 3.8) is 0 Å². The van der Waals surface area contributed by atoms with E-state index < -0.39 is 0 Å². The summed E-state index contributed by atoms with van der Waals surface area (Å²) >= 11 is 0. The molecule has 0 atom stereocenters. The van der Waals surface area contributed by atoms with Gasteiger partial charge in [0.25, 0.3) is 0 Å². The first-order valence-corrected chi connectivity index (χ1v) is 5.22. The van der Waals surface area contributed by atoms with Crippen LogP contribution in [0.2, 0.25) is 0 Å². The SMILES string of the molecule is CCc1nc2c(cn3ccccc23)n1C. The van der Waals surface area contributed by atoms with Gasteiger partial charge in [-0.15, -0.1) is 0 Å². The molecule has 0 saturated heterocycles. The molecule has 0 spiro atoms. The van der Waals surface area contributed by atoms with E-state index in [9.17, 15) is 0 Å². The quantitative estimate of drug-likeness (QED) is 0.590. The Morgan fingerprint density at radius 3 is 2.93 bits per heavy atom. The van der Waals surface area contributed by atoms with Gasteiger partial charge in [0.15, 0.2) is 0 Å². The fourth-order valence-corrected chi connectivity index (χ4v) is 2.11. The summed E-state index contributed by atoms with van der Waals surface area (Å²) in [5, 5.41) is 0. The third-order valence-corrected chi connectivity index (χ3v) is 2.94. The molecule has 0 aliphatic carbocycles. The van der Waals surface area contributed by atoms with Crippen molar-refractivity contribution in [3.8, 4) is 0 Å². The van der Waals surface area contributed by atoms with E-state index in [0.717, 1.165) is 17.8 Å². The molecule has 15 heavy (non-hydrogen) atoms. The fraction of sp³-hybridized carbons (Fsp3) is 0.250. The number of imidazole rings is 1. The molecule has 3 aromatic heterocycles. The topological polar surface area (TPSA) is 22.2 Å². The molecule has 0 fully saturated rings. The van der Waals surface area contributed by atoms with E-state index in [0.29, 0.717) is 0 Å². The van der Waals surface area contributed by atoms with Crippen molar-refractivity contribution in [1.29, 1.82) is 0 Å². The molecule has 0 saturated carbocycles. The largest absolute Gasteiger partial charge is 0.330 e. The molecule has 3 heterocycles. The molecule has 0 bridgehead atoms. The summed E-state index contributed by atoms with van der Waals surface area (Å²) in [7, 11) is 2.08. The Kier molecular flexibility index (Phi) is 1.63. The summed E-state index contributed by atoms with van der Waals surface area (Å²) in [6.45, 7) is 2.14. The minimum Gasteiger partial charge on any atom is -0.330 e. The highest BCUT2D eigenvalue weighted by atomic mass is 15.1. The Morgan fingerprint density at radius 2 is 2.13 bits per heavy atom. The van der Waals surface area contributed by atoms with Gasteiger partial charge in [0, 0.05) is 25.9 Å². The van der Waals surface area contributed by atoms with E-state index in [4.69, 9.17) is 0 Å². The van der Waals surface area contributed by atoms with E-state index in [1.165, 1.54) is 11.0 Å². The van der Waals surface area contributed by atoms with Crippen LogP contribution in [0.1, 0.15) is 12.7 Å². The minimum atomic E-state index is 0.976. The third kappa shape index (κ3) is 1.03. The van der Waals surface area contributed by atoms with Gasteiger partial charge in [-0.25, -0.2) is 4.98 Å². The second-order valence-corrected chi connectivity index (χ2v) is 3.80. The van der Waals surface area contributed by atoms with Gasteiger partial charge >= 0.3 is 0 Å². The lowest BCUT2D eigenvalue weighted by Gasteiger charge is -1.97.